The Balaban J connectivity index is 1.35. The van der Waals surface area contributed by atoms with Crippen molar-refractivity contribution in [1.29, 1.82) is 0 Å². The molecule has 23 heavy (non-hydrogen) atoms. The summed E-state index contributed by atoms with van der Waals surface area (Å²) >= 11 is 1.61. The molecule has 6 nitrogen and oxygen atoms in total. The summed E-state index contributed by atoms with van der Waals surface area (Å²) in [4.78, 5) is 10.1. The molecule has 0 amide bonds. The number of anilines is 1. The summed E-state index contributed by atoms with van der Waals surface area (Å²) in [6, 6.07) is 10.0. The Kier molecular flexibility index (Phi) is 4.04. The minimum absolute atomic E-state index is 0.613. The fourth-order valence-corrected chi connectivity index (χ4v) is 3.33. The van der Waals surface area contributed by atoms with E-state index in [1.807, 2.05) is 35.8 Å². The third kappa shape index (κ3) is 3.25. The Morgan fingerprint density at radius 3 is 2.70 bits per heavy atom. The second-order valence-electron chi connectivity index (χ2n) is 5.43. The SMILES string of the molecule is c1ccc(N2CCN(Cc3nnc(-c4cccs4)o3)CC2)nc1. The second kappa shape index (κ2) is 6.47. The van der Waals surface area contributed by atoms with Gasteiger partial charge in [-0.25, -0.2) is 4.98 Å². The van der Waals surface area contributed by atoms with Crippen molar-refractivity contribution in [2.75, 3.05) is 31.1 Å². The zero-order valence-corrected chi connectivity index (χ0v) is 13.4. The molecule has 0 aliphatic carbocycles. The van der Waals surface area contributed by atoms with Gasteiger partial charge in [0.15, 0.2) is 0 Å². The standard InChI is InChI=1S/C16H17N5OS/c1-2-6-17-14(5-1)21-9-7-20(8-10-21)12-15-18-19-16(22-15)13-4-3-11-23-13/h1-6,11H,7-10,12H2. The molecule has 1 saturated heterocycles. The van der Waals surface area contributed by atoms with Gasteiger partial charge in [-0.15, -0.1) is 21.5 Å². The van der Waals surface area contributed by atoms with Gasteiger partial charge < -0.3 is 9.32 Å². The van der Waals surface area contributed by atoms with Crippen LogP contribution in [0.4, 0.5) is 5.82 Å². The highest BCUT2D eigenvalue weighted by molar-refractivity contribution is 7.13. The van der Waals surface area contributed by atoms with Crippen molar-refractivity contribution in [2.45, 2.75) is 6.54 Å². The van der Waals surface area contributed by atoms with Crippen molar-refractivity contribution in [3.05, 3.63) is 47.8 Å². The van der Waals surface area contributed by atoms with Gasteiger partial charge in [0.25, 0.3) is 5.89 Å². The number of thiophene rings is 1. The molecule has 4 heterocycles. The van der Waals surface area contributed by atoms with Gasteiger partial charge >= 0.3 is 0 Å². The van der Waals surface area contributed by atoms with E-state index in [-0.39, 0.29) is 0 Å². The van der Waals surface area contributed by atoms with Crippen molar-refractivity contribution >= 4 is 17.2 Å². The molecule has 1 fully saturated rings. The molecule has 0 saturated carbocycles. The average molecular weight is 327 g/mol. The zero-order valence-electron chi connectivity index (χ0n) is 12.6. The van der Waals surface area contributed by atoms with Crippen LogP contribution in [0.1, 0.15) is 5.89 Å². The minimum Gasteiger partial charge on any atom is -0.419 e. The fraction of sp³-hybridized carbons (Fsp3) is 0.312. The highest BCUT2D eigenvalue weighted by Crippen LogP contribution is 2.23. The molecular formula is C16H17N5OS. The molecule has 0 bridgehead atoms. The van der Waals surface area contributed by atoms with E-state index in [4.69, 9.17) is 4.42 Å². The lowest BCUT2D eigenvalue weighted by Crippen LogP contribution is -2.46. The van der Waals surface area contributed by atoms with E-state index >= 15 is 0 Å². The van der Waals surface area contributed by atoms with Crippen molar-refractivity contribution in [2.24, 2.45) is 0 Å². The molecule has 0 N–H and O–H groups in total. The lowest BCUT2D eigenvalue weighted by Gasteiger charge is -2.34. The number of aromatic nitrogens is 3. The first-order valence-electron chi connectivity index (χ1n) is 7.63. The Bertz CT molecular complexity index is 735. The molecule has 1 aliphatic rings. The Labute approximate surface area is 138 Å². The third-order valence-electron chi connectivity index (χ3n) is 3.90. The molecule has 0 atom stereocenters. The second-order valence-corrected chi connectivity index (χ2v) is 6.38. The molecule has 0 radical (unpaired) electrons. The first-order valence-corrected chi connectivity index (χ1v) is 8.51. The number of hydrogen-bond acceptors (Lipinski definition) is 7. The van der Waals surface area contributed by atoms with E-state index in [1.54, 1.807) is 11.3 Å². The van der Waals surface area contributed by atoms with Crippen molar-refractivity contribution in [1.82, 2.24) is 20.1 Å². The van der Waals surface area contributed by atoms with E-state index in [2.05, 4.69) is 31.0 Å². The van der Waals surface area contributed by atoms with Crippen molar-refractivity contribution in [3.63, 3.8) is 0 Å². The average Bonchev–Trinajstić information content (AvgIpc) is 3.28. The maximum absolute atomic E-state index is 5.76. The summed E-state index contributed by atoms with van der Waals surface area (Å²) in [5.74, 6) is 2.34. The third-order valence-corrected chi connectivity index (χ3v) is 4.76. The maximum atomic E-state index is 5.76. The van der Waals surface area contributed by atoms with Gasteiger partial charge in [0.2, 0.25) is 5.89 Å². The van der Waals surface area contributed by atoms with Crippen LogP contribution in [0.25, 0.3) is 10.8 Å². The van der Waals surface area contributed by atoms with Crippen LogP contribution in [0, 0.1) is 0 Å². The first-order chi connectivity index (χ1) is 11.4. The molecular weight excluding hydrogens is 310 g/mol. The van der Waals surface area contributed by atoms with Crippen LogP contribution in [0.15, 0.2) is 46.3 Å². The smallest absolute Gasteiger partial charge is 0.257 e. The van der Waals surface area contributed by atoms with Crippen LogP contribution in [0.2, 0.25) is 0 Å². The predicted octanol–water partition coefficient (Wildman–Crippen LogP) is 2.52. The Hall–Kier alpha value is -2.25. The fourth-order valence-electron chi connectivity index (χ4n) is 2.68. The van der Waals surface area contributed by atoms with Gasteiger partial charge in [-0.2, -0.15) is 0 Å². The number of rotatable bonds is 4. The number of piperazine rings is 1. The van der Waals surface area contributed by atoms with Gasteiger partial charge in [-0.3, -0.25) is 4.90 Å². The summed E-state index contributed by atoms with van der Waals surface area (Å²) < 4.78 is 5.76. The van der Waals surface area contributed by atoms with Gasteiger partial charge in [0.05, 0.1) is 11.4 Å². The van der Waals surface area contributed by atoms with Gasteiger partial charge in [-0.05, 0) is 23.6 Å². The molecule has 3 aromatic rings. The number of hydrogen-bond donors (Lipinski definition) is 0. The maximum Gasteiger partial charge on any atom is 0.257 e. The minimum atomic E-state index is 0.613. The molecule has 0 unspecified atom stereocenters. The quantitative estimate of drug-likeness (QED) is 0.734. The lowest BCUT2D eigenvalue weighted by molar-refractivity contribution is 0.226. The summed E-state index contributed by atoms with van der Waals surface area (Å²) in [5, 5.41) is 10.3. The van der Waals surface area contributed by atoms with Crippen LogP contribution >= 0.6 is 11.3 Å². The van der Waals surface area contributed by atoms with Crippen LogP contribution in [0.5, 0.6) is 0 Å². The normalized spacial score (nSPS) is 15.9. The van der Waals surface area contributed by atoms with Crippen LogP contribution in [-0.2, 0) is 6.54 Å². The summed E-state index contributed by atoms with van der Waals surface area (Å²) in [7, 11) is 0. The molecule has 1 aliphatic heterocycles. The molecule has 0 aromatic carbocycles. The Morgan fingerprint density at radius 2 is 1.96 bits per heavy atom. The van der Waals surface area contributed by atoms with Crippen LogP contribution in [-0.4, -0.2) is 46.3 Å². The summed E-state index contributed by atoms with van der Waals surface area (Å²) in [5.41, 5.74) is 0. The van der Waals surface area contributed by atoms with Crippen molar-refractivity contribution in [3.8, 4) is 10.8 Å². The molecule has 4 rings (SSSR count). The summed E-state index contributed by atoms with van der Waals surface area (Å²) in [6.45, 7) is 4.56. The molecule has 118 valence electrons. The largest absolute Gasteiger partial charge is 0.419 e. The van der Waals surface area contributed by atoms with Crippen molar-refractivity contribution < 1.29 is 4.42 Å². The molecule has 0 spiro atoms. The van der Waals surface area contributed by atoms with Crippen LogP contribution < -0.4 is 4.90 Å². The van der Waals surface area contributed by atoms with E-state index < -0.39 is 0 Å². The first kappa shape index (κ1) is 14.3. The summed E-state index contributed by atoms with van der Waals surface area (Å²) in [6.07, 6.45) is 1.84. The lowest BCUT2D eigenvalue weighted by atomic mass is 10.3. The monoisotopic (exact) mass is 327 g/mol. The van der Waals surface area contributed by atoms with Gasteiger partial charge in [0, 0.05) is 32.4 Å². The Morgan fingerprint density at radius 1 is 1.04 bits per heavy atom. The van der Waals surface area contributed by atoms with E-state index in [0.717, 1.165) is 36.9 Å². The van der Waals surface area contributed by atoms with E-state index in [9.17, 15) is 0 Å². The van der Waals surface area contributed by atoms with Gasteiger partial charge in [-0.1, -0.05) is 12.1 Å². The topological polar surface area (TPSA) is 58.3 Å². The van der Waals surface area contributed by atoms with E-state index in [0.29, 0.717) is 18.3 Å². The number of nitrogens with zero attached hydrogens (tertiary/aromatic N) is 5. The number of pyridine rings is 1. The zero-order chi connectivity index (χ0) is 15.5. The van der Waals surface area contributed by atoms with Crippen LogP contribution in [0.3, 0.4) is 0 Å². The van der Waals surface area contributed by atoms with E-state index in [1.165, 1.54) is 0 Å². The molecule has 7 heteroatoms. The predicted molar refractivity (Wildman–Crippen MR) is 89.3 cm³/mol. The highest BCUT2D eigenvalue weighted by atomic mass is 32.1. The highest BCUT2D eigenvalue weighted by Gasteiger charge is 2.20. The molecule has 3 aromatic heterocycles. The van der Waals surface area contributed by atoms with Gasteiger partial charge in [0.1, 0.15) is 5.82 Å².